The van der Waals surface area contributed by atoms with E-state index in [0.717, 1.165) is 11.3 Å². The van der Waals surface area contributed by atoms with Crippen LogP contribution >= 0.6 is 0 Å². The summed E-state index contributed by atoms with van der Waals surface area (Å²) < 4.78 is 0. The zero-order valence-electron chi connectivity index (χ0n) is 10.6. The van der Waals surface area contributed by atoms with Crippen molar-refractivity contribution in [3.8, 4) is 6.07 Å². The van der Waals surface area contributed by atoms with Crippen LogP contribution in [0.25, 0.3) is 0 Å². The first-order valence-corrected chi connectivity index (χ1v) is 5.69. The van der Waals surface area contributed by atoms with Gasteiger partial charge in [0.25, 0.3) is 0 Å². The maximum absolute atomic E-state index is 11.3. The Morgan fingerprint density at radius 2 is 2.11 bits per heavy atom. The minimum Gasteiger partial charge on any atom is -0.464 e. The van der Waals surface area contributed by atoms with E-state index in [1.807, 2.05) is 26.8 Å². The van der Waals surface area contributed by atoms with Crippen LogP contribution in [0.5, 0.6) is 0 Å². The first-order valence-electron chi connectivity index (χ1n) is 5.69. The van der Waals surface area contributed by atoms with E-state index in [-0.39, 0.29) is 12.1 Å². The van der Waals surface area contributed by atoms with Gasteiger partial charge in [0.15, 0.2) is 0 Å². The number of rotatable bonds is 0. The second kappa shape index (κ2) is 3.91. The predicted molar refractivity (Wildman–Crippen MR) is 67.0 cm³/mol. The smallest absolute Gasteiger partial charge is 0.426 e. The summed E-state index contributed by atoms with van der Waals surface area (Å²) in [5, 5.41) is 21.3. The zero-order valence-corrected chi connectivity index (χ0v) is 10.6. The van der Waals surface area contributed by atoms with Crippen molar-refractivity contribution in [1.82, 2.24) is 5.01 Å². The van der Waals surface area contributed by atoms with E-state index in [1.165, 1.54) is 5.01 Å². The lowest BCUT2D eigenvalue weighted by atomic mass is 10.0. The normalized spacial score (nSPS) is 14.3. The quantitative estimate of drug-likeness (QED) is 0.762. The number of benzene rings is 1. The number of amides is 1. The molecule has 1 amide bonds. The third kappa shape index (κ3) is 1.76. The highest BCUT2D eigenvalue weighted by molar-refractivity contribution is 5.74. The molecule has 5 heteroatoms. The van der Waals surface area contributed by atoms with E-state index in [4.69, 9.17) is 5.26 Å². The van der Waals surface area contributed by atoms with Crippen molar-refractivity contribution in [2.45, 2.75) is 32.9 Å². The Balaban J connectivity index is 2.59. The Bertz CT molecular complexity index is 540. The van der Waals surface area contributed by atoms with E-state index in [1.54, 1.807) is 17.1 Å². The molecule has 1 aromatic carbocycles. The average molecular weight is 245 g/mol. The number of hydrazine groups is 1. The number of fused-ring (bicyclic) bond motifs is 1. The molecule has 0 saturated heterocycles. The Hall–Kier alpha value is -2.22. The van der Waals surface area contributed by atoms with Crippen molar-refractivity contribution in [1.29, 1.82) is 5.26 Å². The number of hydrogen-bond donors (Lipinski definition) is 1. The Kier molecular flexibility index (Phi) is 2.66. The molecule has 1 aliphatic rings. The van der Waals surface area contributed by atoms with Gasteiger partial charge in [-0.25, -0.2) is 9.80 Å². The van der Waals surface area contributed by atoms with E-state index < -0.39 is 6.09 Å². The Morgan fingerprint density at radius 1 is 1.44 bits per heavy atom. The van der Waals surface area contributed by atoms with Crippen LogP contribution in [0.3, 0.4) is 0 Å². The highest BCUT2D eigenvalue weighted by atomic mass is 16.4. The fourth-order valence-electron chi connectivity index (χ4n) is 2.27. The van der Waals surface area contributed by atoms with Gasteiger partial charge in [-0.05, 0) is 32.9 Å². The van der Waals surface area contributed by atoms with Crippen LogP contribution in [-0.4, -0.2) is 21.7 Å². The molecule has 18 heavy (non-hydrogen) atoms. The topological polar surface area (TPSA) is 67.6 Å². The first-order chi connectivity index (χ1) is 8.36. The van der Waals surface area contributed by atoms with E-state index >= 15 is 0 Å². The summed E-state index contributed by atoms with van der Waals surface area (Å²) in [6, 6.07) is 7.46. The molecule has 0 bridgehead atoms. The van der Waals surface area contributed by atoms with E-state index in [0.29, 0.717) is 5.56 Å². The minimum absolute atomic E-state index is 0.228. The molecule has 94 valence electrons. The number of nitrogens with zero attached hydrogens (tertiary/aromatic N) is 3. The number of anilines is 1. The molecule has 0 saturated carbocycles. The SMILES string of the molecule is CC(C)(C)N1c2cccc(C#N)c2CN1C(=O)O. The van der Waals surface area contributed by atoms with Crippen LogP contribution in [0, 0.1) is 11.3 Å². The van der Waals surface area contributed by atoms with Gasteiger partial charge in [-0.15, -0.1) is 0 Å². The molecule has 5 nitrogen and oxygen atoms in total. The maximum atomic E-state index is 11.3. The molecule has 0 aliphatic carbocycles. The molecule has 0 aromatic heterocycles. The molecule has 0 radical (unpaired) electrons. The molecular formula is C13H15N3O2. The van der Waals surface area contributed by atoms with Crippen LogP contribution in [0.1, 0.15) is 31.9 Å². The monoisotopic (exact) mass is 245 g/mol. The van der Waals surface area contributed by atoms with E-state index in [9.17, 15) is 9.90 Å². The van der Waals surface area contributed by atoms with Crippen LogP contribution in [0.15, 0.2) is 18.2 Å². The molecule has 1 N–H and O–H groups in total. The van der Waals surface area contributed by atoms with Gasteiger partial charge in [-0.2, -0.15) is 5.26 Å². The standard InChI is InChI=1S/C13H15N3O2/c1-13(2,3)16-11-6-4-5-9(7-14)10(11)8-15(16)12(17)18/h4-6H,8H2,1-3H3,(H,17,18). The molecule has 2 rings (SSSR count). The highest BCUT2D eigenvalue weighted by Gasteiger charge is 2.38. The summed E-state index contributed by atoms with van der Waals surface area (Å²) in [4.78, 5) is 11.3. The number of hydrogen-bond acceptors (Lipinski definition) is 3. The van der Waals surface area contributed by atoms with Crippen molar-refractivity contribution < 1.29 is 9.90 Å². The lowest BCUT2D eigenvalue weighted by Crippen LogP contribution is -2.51. The summed E-state index contributed by atoms with van der Waals surface area (Å²) in [5.41, 5.74) is 1.74. The summed E-state index contributed by atoms with van der Waals surface area (Å²) in [7, 11) is 0. The minimum atomic E-state index is -1.01. The Morgan fingerprint density at radius 3 is 2.61 bits per heavy atom. The molecule has 0 spiro atoms. The van der Waals surface area contributed by atoms with Crippen molar-refractivity contribution >= 4 is 11.8 Å². The molecule has 1 heterocycles. The van der Waals surface area contributed by atoms with Crippen molar-refractivity contribution in [3.05, 3.63) is 29.3 Å². The zero-order chi connectivity index (χ0) is 13.5. The average Bonchev–Trinajstić information content (AvgIpc) is 2.67. The van der Waals surface area contributed by atoms with Crippen LogP contribution in [0.4, 0.5) is 10.5 Å². The second-order valence-corrected chi connectivity index (χ2v) is 5.24. The highest BCUT2D eigenvalue weighted by Crippen LogP contribution is 2.38. The van der Waals surface area contributed by atoms with Gasteiger partial charge >= 0.3 is 6.09 Å². The third-order valence-corrected chi connectivity index (χ3v) is 2.91. The molecule has 1 aliphatic heterocycles. The summed E-state index contributed by atoms with van der Waals surface area (Å²) in [6.07, 6.45) is -1.01. The summed E-state index contributed by atoms with van der Waals surface area (Å²) in [6.45, 7) is 6.05. The van der Waals surface area contributed by atoms with Crippen molar-refractivity contribution in [3.63, 3.8) is 0 Å². The van der Waals surface area contributed by atoms with E-state index in [2.05, 4.69) is 6.07 Å². The first kappa shape index (κ1) is 12.2. The fourth-order valence-corrected chi connectivity index (χ4v) is 2.27. The molecule has 0 fully saturated rings. The maximum Gasteiger partial charge on any atom is 0.426 e. The van der Waals surface area contributed by atoms with Gasteiger partial charge in [0.05, 0.1) is 29.4 Å². The van der Waals surface area contributed by atoms with Gasteiger partial charge in [-0.1, -0.05) is 6.07 Å². The van der Waals surface area contributed by atoms with Crippen LogP contribution < -0.4 is 5.01 Å². The van der Waals surface area contributed by atoms with Gasteiger partial charge in [0.2, 0.25) is 0 Å². The number of carboxylic acid groups (broad SMARTS) is 1. The summed E-state index contributed by atoms with van der Waals surface area (Å²) in [5.74, 6) is 0. The van der Waals surface area contributed by atoms with Crippen molar-refractivity contribution in [2.75, 3.05) is 5.01 Å². The lowest BCUT2D eigenvalue weighted by molar-refractivity contribution is 0.129. The molecule has 0 atom stereocenters. The van der Waals surface area contributed by atoms with Crippen LogP contribution in [-0.2, 0) is 6.54 Å². The molecular weight excluding hydrogens is 230 g/mol. The predicted octanol–water partition coefficient (Wildman–Crippen LogP) is 2.57. The van der Waals surface area contributed by atoms with Crippen LogP contribution in [0.2, 0.25) is 0 Å². The number of carbonyl (C=O) groups is 1. The second-order valence-electron chi connectivity index (χ2n) is 5.24. The molecule has 0 unspecified atom stereocenters. The van der Waals surface area contributed by atoms with Crippen molar-refractivity contribution in [2.24, 2.45) is 0 Å². The summed E-state index contributed by atoms with van der Waals surface area (Å²) >= 11 is 0. The Labute approximate surface area is 106 Å². The van der Waals surface area contributed by atoms with Gasteiger partial charge in [0.1, 0.15) is 0 Å². The number of nitriles is 1. The molecule has 1 aromatic rings. The largest absolute Gasteiger partial charge is 0.464 e. The fraction of sp³-hybridized carbons (Fsp3) is 0.385. The van der Waals surface area contributed by atoms with Gasteiger partial charge in [0, 0.05) is 5.56 Å². The van der Waals surface area contributed by atoms with Gasteiger partial charge in [-0.3, -0.25) is 5.01 Å². The van der Waals surface area contributed by atoms with Gasteiger partial charge < -0.3 is 5.11 Å². The lowest BCUT2D eigenvalue weighted by Gasteiger charge is -2.39. The third-order valence-electron chi connectivity index (χ3n) is 2.91.